The van der Waals surface area contributed by atoms with Crippen LogP contribution in [0.2, 0.25) is 0 Å². The molecule has 10 rings (SSSR count). The monoisotopic (exact) mass is 754 g/mol. The number of benzene rings is 5. The third-order valence-corrected chi connectivity index (χ3v) is 13.3. The predicted octanol–water partition coefficient (Wildman–Crippen LogP) is 13.2. The molecule has 56 heavy (non-hydrogen) atoms. The van der Waals surface area contributed by atoms with Gasteiger partial charge < -0.3 is 9.64 Å². The molecule has 5 aromatic carbocycles. The summed E-state index contributed by atoms with van der Waals surface area (Å²) < 4.78 is 28.2. The van der Waals surface area contributed by atoms with Crippen molar-refractivity contribution in [2.75, 3.05) is 4.90 Å². The van der Waals surface area contributed by atoms with Crippen LogP contribution < -0.4 is 4.90 Å². The second-order valence-electron chi connectivity index (χ2n) is 17.5. The molecule has 0 fully saturated rings. The van der Waals surface area contributed by atoms with Crippen LogP contribution in [0.1, 0.15) is 96.1 Å². The fourth-order valence-electron chi connectivity index (χ4n) is 8.83. The minimum absolute atomic E-state index is 0.0333. The van der Waals surface area contributed by atoms with Crippen LogP contribution >= 0.6 is 11.8 Å². The minimum atomic E-state index is -1.75. The normalized spacial score (nSPS) is 21.3. The number of anilines is 3. The molecule has 0 radical (unpaired) electrons. The second-order valence-corrected chi connectivity index (χ2v) is 18.5. The van der Waals surface area contributed by atoms with E-state index < -0.39 is 17.5 Å². The molecule has 280 valence electrons. The number of pyridine rings is 1. The quantitative estimate of drug-likeness (QED) is 0.179. The summed E-state index contributed by atoms with van der Waals surface area (Å²) in [7, 11) is 0. The lowest BCUT2D eigenvalue weighted by Gasteiger charge is -2.34. The molecule has 3 aliphatic rings. The van der Waals surface area contributed by atoms with Gasteiger partial charge in [0.15, 0.2) is 0 Å². The van der Waals surface area contributed by atoms with Crippen LogP contribution in [0.25, 0.3) is 27.6 Å². The number of hydrogen-bond acceptors (Lipinski definition) is 5. The van der Waals surface area contributed by atoms with Crippen LogP contribution in [0.3, 0.4) is 0 Å². The van der Waals surface area contributed by atoms with E-state index in [0.717, 1.165) is 56.2 Å². The molecule has 0 N–H and O–H groups in total. The van der Waals surface area contributed by atoms with E-state index >= 15 is 0 Å². The van der Waals surface area contributed by atoms with Gasteiger partial charge in [0.05, 0.1) is 22.4 Å². The fraction of sp³-hybridized carbons (Fsp3) is 0.280. The smallest absolute Gasteiger partial charge is 0.217 e. The van der Waals surface area contributed by atoms with Crippen LogP contribution in [0.5, 0.6) is 0 Å². The lowest BCUT2D eigenvalue weighted by molar-refractivity contribution is 0.0476. The molecular weight excluding hydrogens is 705 g/mol. The number of ether oxygens (including phenoxy) is 1. The highest BCUT2D eigenvalue weighted by molar-refractivity contribution is 7.99. The molecule has 1 aliphatic carbocycles. The van der Waals surface area contributed by atoms with Crippen LogP contribution in [-0.4, -0.2) is 21.0 Å². The average molecular weight is 755 g/mol. The van der Waals surface area contributed by atoms with E-state index in [-0.39, 0.29) is 11.3 Å². The maximum absolute atomic E-state index is 9.48. The number of aliphatic imine (C=N–C) groups is 1. The van der Waals surface area contributed by atoms with Crippen molar-refractivity contribution in [3.05, 3.63) is 148 Å². The van der Waals surface area contributed by atoms with Gasteiger partial charge in [-0.1, -0.05) is 88.3 Å². The maximum Gasteiger partial charge on any atom is 0.217 e. The van der Waals surface area contributed by atoms with Gasteiger partial charge in [-0.05, 0) is 134 Å². The Morgan fingerprint density at radius 3 is 2.43 bits per heavy atom. The summed E-state index contributed by atoms with van der Waals surface area (Å²) in [6, 6.07) is 37.1. The summed E-state index contributed by atoms with van der Waals surface area (Å²) in [5.74, 6) is 1.58. The second kappa shape index (κ2) is 12.1. The number of aryl methyl sites for hydroxylation is 2. The Labute approximate surface area is 337 Å². The van der Waals surface area contributed by atoms with Gasteiger partial charge in [0, 0.05) is 47.1 Å². The summed E-state index contributed by atoms with van der Waals surface area (Å²) in [6.45, 7) is 19.2. The molecule has 0 saturated carbocycles. The van der Waals surface area contributed by atoms with E-state index in [1.165, 1.54) is 31.7 Å². The standard InChI is InChI=1S/C50H48N4OS/c1-29(2)32-22-33(47-52-50(9)39-14-12-13-31(4)38(39)28-49(50,8)55-47)24-35(23-32)53-41-15-10-11-16-44(41)56-45-26-37-36-21-30(3)17-18-40(36)54(42(37)27-43(45)53)46-25-34(19-20-51-46)48(5,6)7/h10-27,29H,28H2,1-9H3/t49-,50+/m0/s1/i28D2. The van der Waals surface area contributed by atoms with E-state index in [0.29, 0.717) is 11.5 Å². The predicted molar refractivity (Wildman–Crippen MR) is 233 cm³/mol. The molecule has 0 spiro atoms. The Hall–Kier alpha value is -5.33. The molecule has 2 aromatic heterocycles. The van der Waals surface area contributed by atoms with Crippen molar-refractivity contribution >= 4 is 56.5 Å². The van der Waals surface area contributed by atoms with Gasteiger partial charge in [-0.3, -0.25) is 4.57 Å². The fourth-order valence-corrected chi connectivity index (χ4v) is 9.90. The van der Waals surface area contributed by atoms with Crippen LogP contribution in [0, 0.1) is 13.8 Å². The highest BCUT2D eigenvalue weighted by atomic mass is 32.2. The minimum Gasteiger partial charge on any atom is -0.468 e. The molecule has 6 heteroatoms. The summed E-state index contributed by atoms with van der Waals surface area (Å²) in [5.41, 5.74) is 10.2. The van der Waals surface area contributed by atoms with Crippen molar-refractivity contribution in [3.63, 3.8) is 0 Å². The van der Waals surface area contributed by atoms with Gasteiger partial charge in [0.1, 0.15) is 17.0 Å². The first-order chi connectivity index (χ1) is 27.5. The Bertz CT molecular complexity index is 2920. The van der Waals surface area contributed by atoms with E-state index in [1.807, 2.05) is 56.9 Å². The lowest BCUT2D eigenvalue weighted by atomic mass is 9.84. The molecule has 2 aliphatic heterocycles. The Morgan fingerprint density at radius 2 is 1.62 bits per heavy atom. The molecule has 2 atom stereocenters. The highest BCUT2D eigenvalue weighted by Gasteiger charge is 2.59. The van der Waals surface area contributed by atoms with Crippen molar-refractivity contribution in [3.8, 4) is 5.82 Å². The van der Waals surface area contributed by atoms with Gasteiger partial charge in [0.2, 0.25) is 5.90 Å². The van der Waals surface area contributed by atoms with E-state index in [2.05, 4.69) is 136 Å². The molecule has 0 amide bonds. The van der Waals surface area contributed by atoms with Crippen molar-refractivity contribution in [1.82, 2.24) is 9.55 Å². The zero-order valence-electron chi connectivity index (χ0n) is 35.6. The maximum atomic E-state index is 9.48. The van der Waals surface area contributed by atoms with Crippen molar-refractivity contribution in [1.29, 1.82) is 0 Å². The third-order valence-electron chi connectivity index (χ3n) is 12.2. The summed E-state index contributed by atoms with van der Waals surface area (Å²) in [4.78, 5) is 15.1. The average Bonchev–Trinajstić information content (AvgIpc) is 3.70. The molecule has 4 heterocycles. The Kier molecular flexibility index (Phi) is 7.09. The number of rotatable bonds is 4. The first kappa shape index (κ1) is 32.9. The summed E-state index contributed by atoms with van der Waals surface area (Å²) in [6.07, 6.45) is 0.184. The topological polar surface area (TPSA) is 42.7 Å². The molecule has 5 nitrogen and oxygen atoms in total. The Morgan fingerprint density at radius 1 is 0.821 bits per heavy atom. The zero-order valence-corrected chi connectivity index (χ0v) is 34.4. The number of nitrogens with zero attached hydrogens (tertiary/aromatic N) is 4. The lowest BCUT2D eigenvalue weighted by Crippen LogP contribution is -2.41. The molecule has 0 bridgehead atoms. The van der Waals surface area contributed by atoms with Gasteiger partial charge in [-0.15, -0.1) is 0 Å². The zero-order chi connectivity index (χ0) is 40.7. The van der Waals surface area contributed by atoms with Crippen LogP contribution in [-0.2, 0) is 22.1 Å². The number of fused-ring (bicyclic) bond motifs is 8. The van der Waals surface area contributed by atoms with Gasteiger partial charge in [-0.2, -0.15) is 0 Å². The Balaban J connectivity index is 1.20. The van der Waals surface area contributed by atoms with Gasteiger partial charge in [-0.25, -0.2) is 9.98 Å². The van der Waals surface area contributed by atoms with Crippen LogP contribution in [0.4, 0.5) is 17.1 Å². The van der Waals surface area contributed by atoms with E-state index in [1.54, 1.807) is 0 Å². The van der Waals surface area contributed by atoms with Crippen LogP contribution in [0.15, 0.2) is 124 Å². The first-order valence-corrected chi connectivity index (χ1v) is 20.5. The molecular formula is C50H48N4OS. The molecule has 7 aromatic rings. The number of hydrogen-bond donors (Lipinski definition) is 0. The SMILES string of the molecule is [2H]C1([2H])c2c(C)cccc2[C@@]2(C)N=C(c3cc(C(C)C)cc(N4c5ccccc5Sc5cc6c7cc(C)ccc7n(-c7cc(C(C)(C)C)ccn7)c6cc54)c3)O[C@@]12C. The van der Waals surface area contributed by atoms with Crippen molar-refractivity contribution < 1.29 is 7.48 Å². The third kappa shape index (κ3) is 5.14. The number of para-hydroxylation sites is 1. The number of aromatic nitrogens is 2. The largest absolute Gasteiger partial charge is 0.468 e. The van der Waals surface area contributed by atoms with E-state index in [4.69, 9.17) is 14.7 Å². The van der Waals surface area contributed by atoms with Gasteiger partial charge in [0.25, 0.3) is 0 Å². The first-order valence-electron chi connectivity index (χ1n) is 20.7. The summed E-state index contributed by atoms with van der Waals surface area (Å²) in [5, 5.41) is 2.40. The van der Waals surface area contributed by atoms with E-state index in [9.17, 15) is 2.74 Å². The van der Waals surface area contributed by atoms with Crippen molar-refractivity contribution in [2.24, 2.45) is 4.99 Å². The molecule has 0 saturated heterocycles. The molecule has 0 unspecified atom stereocenters. The highest BCUT2D eigenvalue weighted by Crippen LogP contribution is 2.56. The summed E-state index contributed by atoms with van der Waals surface area (Å²) >= 11 is 1.81. The van der Waals surface area contributed by atoms with Gasteiger partial charge >= 0.3 is 0 Å². The van der Waals surface area contributed by atoms with Crippen molar-refractivity contribution in [2.45, 2.75) is 101 Å².